The first-order chi connectivity index (χ1) is 7.81. The Labute approximate surface area is 99.7 Å². The molecule has 1 aliphatic rings. The molecule has 0 radical (unpaired) electrons. The van der Waals surface area contributed by atoms with Gasteiger partial charge in [-0.15, -0.1) is 0 Å². The van der Waals surface area contributed by atoms with Crippen molar-refractivity contribution in [3.05, 3.63) is 30.5 Å². The molecule has 0 unspecified atom stereocenters. The summed E-state index contributed by atoms with van der Waals surface area (Å²) in [6.45, 7) is 4.73. The van der Waals surface area contributed by atoms with E-state index in [1.165, 1.54) is 29.8 Å². The first-order valence-corrected chi connectivity index (χ1v) is 6.49. The lowest BCUT2D eigenvalue weighted by Gasteiger charge is -2.13. The topological polar surface area (TPSA) is 16.4 Å². The van der Waals surface area contributed by atoms with Gasteiger partial charge in [0.15, 0.2) is 0 Å². The normalized spacial score (nSPS) is 21.9. The van der Waals surface area contributed by atoms with Crippen molar-refractivity contribution in [1.29, 1.82) is 0 Å². The highest BCUT2D eigenvalue weighted by Gasteiger charge is 2.19. The molecule has 0 amide bonds. The molecule has 1 fully saturated rings. The summed E-state index contributed by atoms with van der Waals surface area (Å²) in [6, 6.07) is 8.41. The van der Waals surface area contributed by atoms with E-state index in [-0.39, 0.29) is 0 Å². The van der Waals surface area contributed by atoms with Crippen molar-refractivity contribution in [3.8, 4) is 0 Å². The maximum absolute atomic E-state index is 5.34. The quantitative estimate of drug-likeness (QED) is 0.734. The van der Waals surface area contributed by atoms with E-state index in [4.69, 9.17) is 4.42 Å². The average Bonchev–Trinajstić information content (AvgIpc) is 2.87. The van der Waals surface area contributed by atoms with Gasteiger partial charge in [0.2, 0.25) is 0 Å². The van der Waals surface area contributed by atoms with Crippen LogP contribution in [0.1, 0.15) is 13.3 Å². The molecular formula is C13H15NOS. The van der Waals surface area contributed by atoms with E-state index >= 15 is 0 Å². The largest absolute Gasteiger partial charge is 0.464 e. The van der Waals surface area contributed by atoms with Crippen molar-refractivity contribution >= 4 is 22.9 Å². The zero-order valence-electron chi connectivity index (χ0n) is 9.35. The van der Waals surface area contributed by atoms with Crippen LogP contribution in [0.15, 0.2) is 39.8 Å². The van der Waals surface area contributed by atoms with Gasteiger partial charge in [0, 0.05) is 23.4 Å². The molecule has 0 aliphatic carbocycles. The molecule has 1 aromatic carbocycles. The number of fused-ring (bicyclic) bond motifs is 1. The van der Waals surface area contributed by atoms with Gasteiger partial charge in [-0.05, 0) is 48.6 Å². The highest BCUT2D eigenvalue weighted by molar-refractivity contribution is 7.97. The molecule has 0 bridgehead atoms. The molecule has 1 aromatic heterocycles. The van der Waals surface area contributed by atoms with Crippen LogP contribution in [-0.4, -0.2) is 17.4 Å². The summed E-state index contributed by atoms with van der Waals surface area (Å²) < 4.78 is 7.79. The molecule has 16 heavy (non-hydrogen) atoms. The minimum Gasteiger partial charge on any atom is -0.464 e. The average molecular weight is 233 g/mol. The lowest BCUT2D eigenvalue weighted by atomic mass is 10.2. The van der Waals surface area contributed by atoms with Crippen LogP contribution in [0.4, 0.5) is 0 Å². The molecular weight excluding hydrogens is 218 g/mol. The molecule has 2 heterocycles. The Kier molecular flexibility index (Phi) is 2.65. The van der Waals surface area contributed by atoms with Gasteiger partial charge in [-0.1, -0.05) is 6.92 Å². The summed E-state index contributed by atoms with van der Waals surface area (Å²) in [5.41, 5.74) is 0.971. The second kappa shape index (κ2) is 4.15. The molecule has 1 atom stereocenters. The Balaban J connectivity index is 1.78. The minimum atomic E-state index is 0.838. The highest BCUT2D eigenvalue weighted by atomic mass is 32.2. The number of nitrogens with zero attached hydrogens (tertiary/aromatic N) is 1. The van der Waals surface area contributed by atoms with Crippen LogP contribution < -0.4 is 0 Å². The summed E-state index contributed by atoms with van der Waals surface area (Å²) in [6.07, 6.45) is 3.07. The van der Waals surface area contributed by atoms with Crippen LogP contribution >= 0.6 is 11.9 Å². The third-order valence-electron chi connectivity index (χ3n) is 3.04. The van der Waals surface area contributed by atoms with Gasteiger partial charge in [0.25, 0.3) is 0 Å². The van der Waals surface area contributed by atoms with Gasteiger partial charge in [-0.3, -0.25) is 0 Å². The molecule has 1 aliphatic heterocycles. The second-order valence-corrected chi connectivity index (χ2v) is 5.66. The summed E-state index contributed by atoms with van der Waals surface area (Å²) in [5.74, 6) is 0.838. The maximum Gasteiger partial charge on any atom is 0.133 e. The fourth-order valence-electron chi connectivity index (χ4n) is 2.13. The smallest absolute Gasteiger partial charge is 0.133 e. The van der Waals surface area contributed by atoms with Crippen LogP contribution in [0.25, 0.3) is 11.0 Å². The Morgan fingerprint density at radius 3 is 3.12 bits per heavy atom. The Hall–Kier alpha value is -0.930. The fourth-order valence-corrected chi connectivity index (χ4v) is 3.26. The van der Waals surface area contributed by atoms with Crippen molar-refractivity contribution in [2.45, 2.75) is 18.2 Å². The number of benzene rings is 1. The number of hydrogen-bond acceptors (Lipinski definition) is 3. The fraction of sp³-hybridized carbons (Fsp3) is 0.385. The van der Waals surface area contributed by atoms with Crippen LogP contribution in [-0.2, 0) is 0 Å². The Bertz CT molecular complexity index is 493. The van der Waals surface area contributed by atoms with Crippen molar-refractivity contribution in [1.82, 2.24) is 4.31 Å². The molecule has 84 valence electrons. The lowest BCUT2D eigenvalue weighted by Crippen LogP contribution is -2.10. The van der Waals surface area contributed by atoms with Crippen LogP contribution in [0.2, 0.25) is 0 Å². The van der Waals surface area contributed by atoms with Crippen LogP contribution in [0, 0.1) is 5.92 Å². The van der Waals surface area contributed by atoms with Gasteiger partial charge in [-0.2, -0.15) is 0 Å². The maximum atomic E-state index is 5.34. The third kappa shape index (κ3) is 1.97. The van der Waals surface area contributed by atoms with Crippen molar-refractivity contribution < 1.29 is 4.42 Å². The Morgan fingerprint density at radius 1 is 1.38 bits per heavy atom. The molecule has 2 aromatic rings. The summed E-state index contributed by atoms with van der Waals surface area (Å²) >= 11 is 1.86. The van der Waals surface area contributed by atoms with E-state index in [0.717, 1.165) is 11.5 Å². The zero-order valence-corrected chi connectivity index (χ0v) is 10.2. The third-order valence-corrected chi connectivity index (χ3v) is 4.10. The first kappa shape index (κ1) is 10.2. The number of rotatable bonds is 2. The zero-order chi connectivity index (χ0) is 11.0. The summed E-state index contributed by atoms with van der Waals surface area (Å²) in [5, 5.41) is 1.19. The molecule has 1 saturated heterocycles. The van der Waals surface area contributed by atoms with E-state index in [1.807, 2.05) is 18.0 Å². The lowest BCUT2D eigenvalue weighted by molar-refractivity contribution is 0.549. The summed E-state index contributed by atoms with van der Waals surface area (Å²) in [7, 11) is 0. The van der Waals surface area contributed by atoms with Crippen LogP contribution in [0.5, 0.6) is 0 Å². The van der Waals surface area contributed by atoms with Gasteiger partial charge in [0.1, 0.15) is 5.58 Å². The van der Waals surface area contributed by atoms with Gasteiger partial charge in [-0.25, -0.2) is 4.31 Å². The SMILES string of the molecule is C[C@H]1CCN(Sc2ccc3occc3c2)C1. The van der Waals surface area contributed by atoms with E-state index in [1.54, 1.807) is 6.26 Å². The second-order valence-electron chi connectivity index (χ2n) is 4.49. The predicted molar refractivity (Wildman–Crippen MR) is 67.4 cm³/mol. The van der Waals surface area contributed by atoms with Crippen LogP contribution in [0.3, 0.4) is 0 Å². The van der Waals surface area contributed by atoms with Crippen molar-refractivity contribution in [2.75, 3.05) is 13.1 Å². The van der Waals surface area contributed by atoms with E-state index in [0.29, 0.717) is 0 Å². The van der Waals surface area contributed by atoms with Gasteiger partial charge < -0.3 is 4.42 Å². The highest BCUT2D eigenvalue weighted by Crippen LogP contribution is 2.31. The molecule has 3 heteroatoms. The molecule has 3 rings (SSSR count). The monoisotopic (exact) mass is 233 g/mol. The molecule has 0 saturated carbocycles. The molecule has 2 nitrogen and oxygen atoms in total. The van der Waals surface area contributed by atoms with Gasteiger partial charge >= 0.3 is 0 Å². The van der Waals surface area contributed by atoms with E-state index in [9.17, 15) is 0 Å². The van der Waals surface area contributed by atoms with Gasteiger partial charge in [0.05, 0.1) is 6.26 Å². The van der Waals surface area contributed by atoms with Crippen molar-refractivity contribution in [2.24, 2.45) is 5.92 Å². The Morgan fingerprint density at radius 2 is 2.31 bits per heavy atom. The predicted octanol–water partition coefficient (Wildman–Crippen LogP) is 3.78. The molecule has 0 N–H and O–H groups in total. The summed E-state index contributed by atoms with van der Waals surface area (Å²) in [4.78, 5) is 1.31. The minimum absolute atomic E-state index is 0.838. The molecule has 0 spiro atoms. The number of hydrogen-bond donors (Lipinski definition) is 0. The van der Waals surface area contributed by atoms with Crippen molar-refractivity contribution in [3.63, 3.8) is 0 Å². The van der Waals surface area contributed by atoms with E-state index < -0.39 is 0 Å². The standard InChI is InChI=1S/C13H15NOS/c1-10-4-6-14(9-10)16-12-2-3-13-11(8-12)5-7-15-13/h2-3,5,7-8,10H,4,6,9H2,1H3/t10-/m0/s1. The first-order valence-electron chi connectivity index (χ1n) is 5.71. The number of furan rings is 1. The van der Waals surface area contributed by atoms with E-state index in [2.05, 4.69) is 29.4 Å².